The number of benzene rings is 1. The van der Waals surface area contributed by atoms with E-state index in [0.29, 0.717) is 25.3 Å². The Morgan fingerprint density at radius 3 is 3.00 bits per heavy atom. The van der Waals surface area contributed by atoms with Gasteiger partial charge in [-0.15, -0.1) is 0 Å². The van der Waals surface area contributed by atoms with Crippen LogP contribution >= 0.6 is 0 Å². The number of rotatable bonds is 6. The molecule has 2 heterocycles. The van der Waals surface area contributed by atoms with Crippen LogP contribution in [0.5, 0.6) is 5.75 Å². The summed E-state index contributed by atoms with van der Waals surface area (Å²) in [5, 5.41) is -0.440. The summed E-state index contributed by atoms with van der Waals surface area (Å²) < 4.78 is 32.9. The molecule has 1 aromatic heterocycles. The molecule has 130 valence electrons. The van der Waals surface area contributed by atoms with Crippen LogP contribution in [0.15, 0.2) is 30.7 Å². The summed E-state index contributed by atoms with van der Waals surface area (Å²) in [6.07, 6.45) is 4.06. The van der Waals surface area contributed by atoms with E-state index in [4.69, 9.17) is 4.74 Å². The maximum atomic E-state index is 12.3. The zero-order valence-electron chi connectivity index (χ0n) is 13.8. The molecule has 0 amide bonds. The van der Waals surface area contributed by atoms with Crippen molar-refractivity contribution in [3.05, 3.63) is 36.4 Å². The van der Waals surface area contributed by atoms with E-state index in [1.54, 1.807) is 25.4 Å². The summed E-state index contributed by atoms with van der Waals surface area (Å²) in [6, 6.07) is 5.36. The van der Waals surface area contributed by atoms with Crippen molar-refractivity contribution in [2.45, 2.75) is 32.1 Å². The molecule has 0 saturated carbocycles. The second-order valence-electron chi connectivity index (χ2n) is 5.88. The lowest BCUT2D eigenvalue weighted by atomic mass is 10.2. The quantitative estimate of drug-likeness (QED) is 0.835. The summed E-state index contributed by atoms with van der Waals surface area (Å²) in [6.45, 7) is 5.52. The molecule has 1 atom stereocenters. The molecule has 1 unspecified atom stereocenters. The van der Waals surface area contributed by atoms with Crippen LogP contribution in [0.4, 0.5) is 11.4 Å². The Labute approximate surface area is 142 Å². The first-order chi connectivity index (χ1) is 11.5. The average Bonchev–Trinajstić information content (AvgIpc) is 3.07. The summed E-state index contributed by atoms with van der Waals surface area (Å²) in [4.78, 5) is 9.33. The highest BCUT2D eigenvalue weighted by molar-refractivity contribution is 7.93. The minimum absolute atomic E-state index is 0.440. The Hall–Kier alpha value is -2.22. The molecule has 1 aromatic carbocycles. The molecule has 8 heteroatoms. The minimum Gasteiger partial charge on any atom is -0.490 e. The largest absolute Gasteiger partial charge is 0.490 e. The Kier molecular flexibility index (Phi) is 4.66. The van der Waals surface area contributed by atoms with Gasteiger partial charge in [-0.2, -0.15) is 0 Å². The topological polar surface area (TPSA) is 87.3 Å². The molecule has 1 aliphatic heterocycles. The molecule has 0 bridgehead atoms. The summed E-state index contributed by atoms with van der Waals surface area (Å²) in [5.74, 6) is 0.753. The third-order valence-corrected chi connectivity index (χ3v) is 6.10. The van der Waals surface area contributed by atoms with E-state index in [0.717, 1.165) is 23.7 Å². The number of ether oxygens (including phenoxy) is 1. The third-order valence-electron chi connectivity index (χ3n) is 4.19. The molecule has 0 aliphatic carbocycles. The number of aromatic nitrogens is 2. The summed E-state index contributed by atoms with van der Waals surface area (Å²) >= 11 is 0. The first kappa shape index (κ1) is 16.6. The maximum absolute atomic E-state index is 12.3. The fourth-order valence-electron chi connectivity index (χ4n) is 2.56. The van der Waals surface area contributed by atoms with Gasteiger partial charge in [0.2, 0.25) is 10.0 Å². The van der Waals surface area contributed by atoms with E-state index >= 15 is 0 Å². The zero-order valence-corrected chi connectivity index (χ0v) is 14.6. The SMILES string of the molecule is CCC(C)S(=O)(=O)Nc1ccc2c(c1)N(Cc1c[nH]cn1)CCO2. The van der Waals surface area contributed by atoms with Crippen LogP contribution in [-0.4, -0.2) is 36.8 Å². The Morgan fingerprint density at radius 2 is 2.29 bits per heavy atom. The van der Waals surface area contributed by atoms with Gasteiger partial charge >= 0.3 is 0 Å². The van der Waals surface area contributed by atoms with Crippen LogP contribution in [0, 0.1) is 0 Å². The molecular formula is C16H22N4O3S. The number of hydrogen-bond acceptors (Lipinski definition) is 5. The number of sulfonamides is 1. The lowest BCUT2D eigenvalue weighted by molar-refractivity contribution is 0.307. The molecule has 24 heavy (non-hydrogen) atoms. The van der Waals surface area contributed by atoms with Crippen LogP contribution in [0.2, 0.25) is 0 Å². The standard InChI is InChI=1S/C16H22N4O3S/c1-3-12(2)24(21,22)19-13-4-5-16-15(8-13)20(6-7-23-16)10-14-9-17-11-18-14/h4-5,8-9,11-12,19H,3,6-7,10H2,1-2H3,(H,17,18). The molecule has 2 N–H and O–H groups in total. The number of aromatic amines is 1. The fraction of sp³-hybridized carbons (Fsp3) is 0.438. The molecule has 2 aromatic rings. The number of imidazole rings is 1. The van der Waals surface area contributed by atoms with Gasteiger partial charge in [-0.05, 0) is 31.5 Å². The first-order valence-electron chi connectivity index (χ1n) is 8.00. The third kappa shape index (κ3) is 3.48. The molecule has 0 spiro atoms. The highest BCUT2D eigenvalue weighted by Gasteiger charge is 2.22. The first-order valence-corrected chi connectivity index (χ1v) is 9.55. The van der Waals surface area contributed by atoms with Crippen molar-refractivity contribution in [3.8, 4) is 5.75 Å². The van der Waals surface area contributed by atoms with E-state index in [-0.39, 0.29) is 0 Å². The van der Waals surface area contributed by atoms with Gasteiger partial charge in [0.15, 0.2) is 0 Å². The van der Waals surface area contributed by atoms with E-state index < -0.39 is 15.3 Å². The van der Waals surface area contributed by atoms with E-state index in [2.05, 4.69) is 19.6 Å². The van der Waals surface area contributed by atoms with E-state index in [1.807, 2.05) is 19.2 Å². The number of nitrogens with zero attached hydrogens (tertiary/aromatic N) is 2. The Balaban J connectivity index is 1.85. The van der Waals surface area contributed by atoms with Gasteiger partial charge < -0.3 is 14.6 Å². The van der Waals surface area contributed by atoms with Gasteiger partial charge in [0.1, 0.15) is 12.4 Å². The lowest BCUT2D eigenvalue weighted by Gasteiger charge is -2.31. The predicted octanol–water partition coefficient (Wildman–Crippen LogP) is 2.35. The van der Waals surface area contributed by atoms with Crippen molar-refractivity contribution in [2.24, 2.45) is 0 Å². The van der Waals surface area contributed by atoms with Gasteiger partial charge in [0, 0.05) is 6.20 Å². The summed E-state index contributed by atoms with van der Waals surface area (Å²) in [7, 11) is -3.38. The molecule has 3 rings (SSSR count). The minimum atomic E-state index is -3.38. The molecule has 0 radical (unpaired) electrons. The van der Waals surface area contributed by atoms with E-state index in [9.17, 15) is 8.42 Å². The number of nitrogens with one attached hydrogen (secondary N) is 2. The Bertz CT molecular complexity index is 790. The molecule has 0 fully saturated rings. The smallest absolute Gasteiger partial charge is 0.235 e. The van der Waals surface area contributed by atoms with Gasteiger partial charge in [-0.1, -0.05) is 6.92 Å². The number of H-pyrrole nitrogens is 1. The summed E-state index contributed by atoms with van der Waals surface area (Å²) in [5.41, 5.74) is 2.34. The van der Waals surface area contributed by atoms with Crippen LogP contribution in [0.1, 0.15) is 26.0 Å². The predicted molar refractivity (Wildman–Crippen MR) is 93.9 cm³/mol. The van der Waals surface area contributed by atoms with Crippen molar-refractivity contribution in [2.75, 3.05) is 22.8 Å². The number of anilines is 2. The second kappa shape index (κ2) is 6.72. The Morgan fingerprint density at radius 1 is 1.46 bits per heavy atom. The number of fused-ring (bicyclic) bond motifs is 1. The van der Waals surface area contributed by atoms with Crippen LogP contribution in [0.3, 0.4) is 0 Å². The van der Waals surface area contributed by atoms with Gasteiger partial charge in [-0.25, -0.2) is 13.4 Å². The van der Waals surface area contributed by atoms with Crippen LogP contribution in [0.25, 0.3) is 0 Å². The average molecular weight is 350 g/mol. The van der Waals surface area contributed by atoms with Gasteiger partial charge in [-0.3, -0.25) is 4.72 Å². The van der Waals surface area contributed by atoms with Crippen molar-refractivity contribution in [3.63, 3.8) is 0 Å². The molecule has 7 nitrogen and oxygen atoms in total. The van der Waals surface area contributed by atoms with Gasteiger partial charge in [0.25, 0.3) is 0 Å². The molecular weight excluding hydrogens is 328 g/mol. The van der Waals surface area contributed by atoms with Crippen molar-refractivity contribution >= 4 is 21.4 Å². The van der Waals surface area contributed by atoms with Gasteiger partial charge in [0.05, 0.1) is 41.7 Å². The lowest BCUT2D eigenvalue weighted by Crippen LogP contribution is -2.32. The van der Waals surface area contributed by atoms with Crippen molar-refractivity contribution in [1.82, 2.24) is 9.97 Å². The van der Waals surface area contributed by atoms with Crippen molar-refractivity contribution < 1.29 is 13.2 Å². The molecule has 0 saturated heterocycles. The van der Waals surface area contributed by atoms with Crippen LogP contribution < -0.4 is 14.4 Å². The van der Waals surface area contributed by atoms with Crippen LogP contribution in [-0.2, 0) is 16.6 Å². The monoisotopic (exact) mass is 350 g/mol. The highest BCUT2D eigenvalue weighted by atomic mass is 32.2. The number of hydrogen-bond donors (Lipinski definition) is 2. The fourth-order valence-corrected chi connectivity index (χ4v) is 3.65. The highest BCUT2D eigenvalue weighted by Crippen LogP contribution is 2.35. The normalized spacial score (nSPS) is 15.5. The second-order valence-corrected chi connectivity index (χ2v) is 7.98. The zero-order chi connectivity index (χ0) is 17.2. The molecule has 1 aliphatic rings. The van der Waals surface area contributed by atoms with Crippen molar-refractivity contribution in [1.29, 1.82) is 0 Å². The maximum Gasteiger partial charge on any atom is 0.235 e. The van der Waals surface area contributed by atoms with E-state index in [1.165, 1.54) is 0 Å².